The number of ketones is 1. The van der Waals surface area contributed by atoms with Crippen LogP contribution in [0.4, 0.5) is 11.4 Å². The van der Waals surface area contributed by atoms with Gasteiger partial charge in [0.25, 0.3) is 0 Å². The Bertz CT molecular complexity index is 1410. The molecule has 0 unspecified atom stereocenters. The fourth-order valence-corrected chi connectivity index (χ4v) is 4.57. The smallest absolute Gasteiger partial charge is 0.234 e. The van der Waals surface area contributed by atoms with E-state index in [0.29, 0.717) is 23.0 Å². The van der Waals surface area contributed by atoms with E-state index in [1.807, 2.05) is 28.8 Å². The first-order valence-corrected chi connectivity index (χ1v) is 12.7. The summed E-state index contributed by atoms with van der Waals surface area (Å²) in [4.78, 5) is 24.3. The number of benzene rings is 3. The van der Waals surface area contributed by atoms with Crippen molar-refractivity contribution in [1.82, 2.24) is 14.8 Å². The molecule has 0 spiro atoms. The second kappa shape index (κ2) is 11.2. The maximum atomic E-state index is 12.7. The summed E-state index contributed by atoms with van der Waals surface area (Å²) in [7, 11) is 0. The Morgan fingerprint density at radius 1 is 0.917 bits per heavy atom. The maximum Gasteiger partial charge on any atom is 0.234 e. The number of nitrogens with one attached hydrogen (secondary N) is 2. The predicted molar refractivity (Wildman–Crippen MR) is 145 cm³/mol. The van der Waals surface area contributed by atoms with Gasteiger partial charge in [0, 0.05) is 16.9 Å². The van der Waals surface area contributed by atoms with Crippen LogP contribution in [0.5, 0.6) is 0 Å². The van der Waals surface area contributed by atoms with Crippen LogP contribution >= 0.6 is 11.8 Å². The Balaban J connectivity index is 1.55. The van der Waals surface area contributed by atoms with E-state index in [0.717, 1.165) is 28.3 Å². The molecular formula is C28H29N5O2S. The minimum absolute atomic E-state index is 0.0473. The second-order valence-corrected chi connectivity index (χ2v) is 9.59. The Kier molecular flexibility index (Phi) is 7.85. The van der Waals surface area contributed by atoms with Gasteiger partial charge in [0.15, 0.2) is 16.8 Å². The lowest BCUT2D eigenvalue weighted by Crippen LogP contribution is -2.15. The molecule has 0 saturated carbocycles. The van der Waals surface area contributed by atoms with E-state index in [2.05, 4.69) is 59.8 Å². The Morgan fingerprint density at radius 3 is 2.44 bits per heavy atom. The molecule has 3 aromatic carbocycles. The van der Waals surface area contributed by atoms with Crippen molar-refractivity contribution >= 4 is 34.8 Å². The Labute approximate surface area is 215 Å². The molecule has 0 bridgehead atoms. The van der Waals surface area contributed by atoms with Crippen molar-refractivity contribution in [3.63, 3.8) is 0 Å². The largest absolute Gasteiger partial charge is 0.378 e. The summed E-state index contributed by atoms with van der Waals surface area (Å²) in [6.07, 6.45) is 0. The van der Waals surface area contributed by atoms with Gasteiger partial charge in [0.05, 0.1) is 18.0 Å². The van der Waals surface area contributed by atoms with Gasteiger partial charge in [-0.1, -0.05) is 48.2 Å². The minimum Gasteiger partial charge on any atom is -0.378 e. The maximum absolute atomic E-state index is 12.7. The standard InChI is InChI=1S/C28H29N5O2S/c1-18-8-5-11-23(14-18)29-16-26-31-32-28(33(26)25-13-6-9-19(2)20(25)3)36-17-27(35)30-24-12-7-10-22(15-24)21(4)34/h5-15,29H,16-17H2,1-4H3,(H,30,35). The van der Waals surface area contributed by atoms with Crippen molar-refractivity contribution in [2.75, 3.05) is 16.4 Å². The zero-order valence-corrected chi connectivity index (χ0v) is 21.6. The zero-order chi connectivity index (χ0) is 25.7. The molecule has 0 aliphatic carbocycles. The van der Waals surface area contributed by atoms with Gasteiger partial charge in [-0.05, 0) is 74.7 Å². The quantitative estimate of drug-likeness (QED) is 0.226. The molecule has 0 aliphatic rings. The van der Waals surface area contributed by atoms with Crippen molar-refractivity contribution < 1.29 is 9.59 Å². The molecule has 0 atom stereocenters. The van der Waals surface area contributed by atoms with Crippen molar-refractivity contribution in [2.24, 2.45) is 0 Å². The molecule has 0 fully saturated rings. The molecule has 184 valence electrons. The number of aromatic nitrogens is 3. The van der Waals surface area contributed by atoms with Gasteiger partial charge < -0.3 is 10.6 Å². The van der Waals surface area contributed by atoms with Crippen LogP contribution in [0, 0.1) is 20.8 Å². The molecular weight excluding hydrogens is 470 g/mol. The minimum atomic E-state index is -0.185. The van der Waals surface area contributed by atoms with Crippen molar-refractivity contribution in [3.8, 4) is 5.69 Å². The molecule has 0 radical (unpaired) electrons. The van der Waals surface area contributed by atoms with Gasteiger partial charge >= 0.3 is 0 Å². The highest BCUT2D eigenvalue weighted by atomic mass is 32.2. The lowest BCUT2D eigenvalue weighted by atomic mass is 10.1. The number of Topliss-reactive ketones (excluding diaryl/α,β-unsaturated/α-hetero) is 1. The van der Waals surface area contributed by atoms with Crippen LogP contribution in [0.15, 0.2) is 71.9 Å². The van der Waals surface area contributed by atoms with Gasteiger partial charge in [-0.15, -0.1) is 10.2 Å². The Morgan fingerprint density at radius 2 is 1.67 bits per heavy atom. The normalized spacial score (nSPS) is 10.8. The molecule has 4 rings (SSSR count). The molecule has 8 heteroatoms. The van der Waals surface area contributed by atoms with Gasteiger partial charge in [-0.2, -0.15) is 0 Å². The Hall–Kier alpha value is -3.91. The number of carbonyl (C=O) groups is 2. The van der Waals surface area contributed by atoms with E-state index in [1.165, 1.54) is 24.2 Å². The SMILES string of the molecule is CC(=O)c1cccc(NC(=O)CSc2nnc(CNc3cccc(C)c3)n2-c2cccc(C)c2C)c1. The fraction of sp³-hybridized carbons (Fsp3) is 0.214. The molecule has 1 aromatic heterocycles. The van der Waals surface area contributed by atoms with Gasteiger partial charge in [-0.3, -0.25) is 14.2 Å². The average Bonchev–Trinajstić information content (AvgIpc) is 3.26. The van der Waals surface area contributed by atoms with Crippen LogP contribution in [-0.2, 0) is 11.3 Å². The first-order valence-electron chi connectivity index (χ1n) is 11.7. The lowest BCUT2D eigenvalue weighted by Gasteiger charge is -2.15. The molecule has 0 saturated heterocycles. The summed E-state index contributed by atoms with van der Waals surface area (Å²) in [6.45, 7) is 8.19. The van der Waals surface area contributed by atoms with Crippen molar-refractivity contribution in [3.05, 3.63) is 94.8 Å². The number of nitrogens with zero attached hydrogens (tertiary/aromatic N) is 3. The average molecular weight is 500 g/mol. The third kappa shape index (κ3) is 6.01. The third-order valence-corrected chi connectivity index (χ3v) is 6.80. The van der Waals surface area contributed by atoms with Crippen LogP contribution in [0.25, 0.3) is 5.69 Å². The zero-order valence-electron chi connectivity index (χ0n) is 20.8. The number of amides is 1. The fourth-order valence-electron chi connectivity index (χ4n) is 3.81. The van der Waals surface area contributed by atoms with Crippen molar-refractivity contribution in [2.45, 2.75) is 39.4 Å². The third-order valence-electron chi connectivity index (χ3n) is 5.87. The summed E-state index contributed by atoms with van der Waals surface area (Å²) in [6, 6.07) is 21.2. The first-order chi connectivity index (χ1) is 17.3. The van der Waals surface area contributed by atoms with E-state index in [9.17, 15) is 9.59 Å². The van der Waals surface area contributed by atoms with Gasteiger partial charge in [-0.25, -0.2) is 0 Å². The topological polar surface area (TPSA) is 88.9 Å². The number of hydrogen-bond donors (Lipinski definition) is 2. The van der Waals surface area contributed by atoms with E-state index >= 15 is 0 Å². The first kappa shape index (κ1) is 25.2. The number of thioether (sulfide) groups is 1. The highest BCUT2D eigenvalue weighted by Crippen LogP contribution is 2.26. The van der Waals surface area contributed by atoms with Gasteiger partial charge in [0.1, 0.15) is 0 Å². The summed E-state index contributed by atoms with van der Waals surface area (Å²) in [5.74, 6) is 0.672. The number of aryl methyl sites for hydroxylation is 2. The second-order valence-electron chi connectivity index (χ2n) is 8.65. The molecule has 7 nitrogen and oxygen atoms in total. The molecule has 4 aromatic rings. The van der Waals surface area contributed by atoms with Crippen LogP contribution < -0.4 is 10.6 Å². The number of carbonyl (C=O) groups excluding carboxylic acids is 2. The molecule has 36 heavy (non-hydrogen) atoms. The van der Waals surface area contributed by atoms with E-state index in [4.69, 9.17) is 0 Å². The van der Waals surface area contributed by atoms with E-state index in [-0.39, 0.29) is 17.4 Å². The number of rotatable bonds is 9. The number of hydrogen-bond acceptors (Lipinski definition) is 6. The predicted octanol–water partition coefficient (Wildman–Crippen LogP) is 5.74. The lowest BCUT2D eigenvalue weighted by molar-refractivity contribution is -0.113. The van der Waals surface area contributed by atoms with Crippen LogP contribution in [0.2, 0.25) is 0 Å². The summed E-state index contributed by atoms with van der Waals surface area (Å²) in [5.41, 5.74) is 6.60. The van der Waals surface area contributed by atoms with Crippen LogP contribution in [-0.4, -0.2) is 32.2 Å². The monoisotopic (exact) mass is 499 g/mol. The van der Waals surface area contributed by atoms with Crippen LogP contribution in [0.1, 0.15) is 39.8 Å². The highest BCUT2D eigenvalue weighted by Gasteiger charge is 2.18. The van der Waals surface area contributed by atoms with E-state index < -0.39 is 0 Å². The van der Waals surface area contributed by atoms with Crippen molar-refractivity contribution in [1.29, 1.82) is 0 Å². The highest BCUT2D eigenvalue weighted by molar-refractivity contribution is 7.99. The molecule has 0 aliphatic heterocycles. The van der Waals surface area contributed by atoms with Gasteiger partial charge in [0.2, 0.25) is 5.91 Å². The van der Waals surface area contributed by atoms with E-state index in [1.54, 1.807) is 24.3 Å². The summed E-state index contributed by atoms with van der Waals surface area (Å²) in [5, 5.41) is 15.8. The molecule has 2 N–H and O–H groups in total. The molecule has 1 heterocycles. The van der Waals surface area contributed by atoms with Crippen LogP contribution in [0.3, 0.4) is 0 Å². The molecule has 1 amide bonds. The number of anilines is 2. The summed E-state index contributed by atoms with van der Waals surface area (Å²) >= 11 is 1.32. The summed E-state index contributed by atoms with van der Waals surface area (Å²) < 4.78 is 2.01.